The van der Waals surface area contributed by atoms with E-state index in [9.17, 15) is 14.7 Å². The van der Waals surface area contributed by atoms with E-state index in [0.717, 1.165) is 11.1 Å². The summed E-state index contributed by atoms with van der Waals surface area (Å²) in [5, 5.41) is 12.1. The number of benzene rings is 2. The van der Waals surface area contributed by atoms with Gasteiger partial charge < -0.3 is 19.9 Å². The van der Waals surface area contributed by atoms with Crippen LogP contribution in [0.4, 0.5) is 0 Å². The Balaban J connectivity index is 2.29. The second kappa shape index (κ2) is 8.78. The number of carbonyl (C=O) groups excluding carboxylic acids is 1. The largest absolute Gasteiger partial charge is 0.497 e. The average Bonchev–Trinajstić information content (AvgIpc) is 2.65. The van der Waals surface area contributed by atoms with Gasteiger partial charge in [0.25, 0.3) is 5.91 Å². The van der Waals surface area contributed by atoms with Crippen LogP contribution < -0.4 is 14.8 Å². The number of carbonyl (C=O) groups is 2. The van der Waals surface area contributed by atoms with Crippen LogP contribution in [0, 0.1) is 0 Å². The number of methoxy groups -OCH3 is 2. The molecule has 28 heavy (non-hydrogen) atoms. The topological polar surface area (TPSA) is 84.9 Å². The van der Waals surface area contributed by atoms with E-state index >= 15 is 0 Å². The van der Waals surface area contributed by atoms with Crippen LogP contribution >= 0.6 is 0 Å². The average molecular weight is 385 g/mol. The molecule has 0 fully saturated rings. The molecule has 150 valence electrons. The molecule has 2 aromatic carbocycles. The van der Waals surface area contributed by atoms with Gasteiger partial charge in [-0.1, -0.05) is 45.0 Å². The van der Waals surface area contributed by atoms with Crippen molar-refractivity contribution in [2.75, 3.05) is 14.2 Å². The molecule has 0 spiro atoms. The molecular weight excluding hydrogens is 358 g/mol. The van der Waals surface area contributed by atoms with Crippen molar-refractivity contribution in [1.29, 1.82) is 0 Å². The summed E-state index contributed by atoms with van der Waals surface area (Å²) in [5.41, 5.74) is 2.16. The van der Waals surface area contributed by atoms with Crippen molar-refractivity contribution in [3.63, 3.8) is 0 Å². The minimum Gasteiger partial charge on any atom is -0.497 e. The van der Waals surface area contributed by atoms with Crippen LogP contribution in [-0.4, -0.2) is 31.2 Å². The molecule has 0 aromatic heterocycles. The lowest BCUT2D eigenvalue weighted by Crippen LogP contribution is -2.30. The molecule has 2 aromatic rings. The van der Waals surface area contributed by atoms with Gasteiger partial charge in [0, 0.05) is 6.07 Å². The lowest BCUT2D eigenvalue weighted by atomic mass is 9.86. The Morgan fingerprint density at radius 1 is 1.04 bits per heavy atom. The summed E-state index contributed by atoms with van der Waals surface area (Å²) in [6.07, 6.45) is -0.223. The van der Waals surface area contributed by atoms with Crippen molar-refractivity contribution in [2.45, 2.75) is 38.6 Å². The molecule has 1 atom stereocenters. The molecule has 0 saturated heterocycles. The Morgan fingerprint density at radius 3 is 2.18 bits per heavy atom. The van der Waals surface area contributed by atoms with Gasteiger partial charge in [-0.05, 0) is 28.7 Å². The van der Waals surface area contributed by atoms with Gasteiger partial charge in [-0.15, -0.1) is 0 Å². The maximum absolute atomic E-state index is 12.8. The third-order valence-corrected chi connectivity index (χ3v) is 4.52. The van der Waals surface area contributed by atoms with Gasteiger partial charge >= 0.3 is 5.97 Å². The van der Waals surface area contributed by atoms with Crippen molar-refractivity contribution in [3.8, 4) is 11.5 Å². The van der Waals surface area contributed by atoms with Crippen LogP contribution in [-0.2, 0) is 10.2 Å². The maximum Gasteiger partial charge on any atom is 0.305 e. The summed E-state index contributed by atoms with van der Waals surface area (Å²) < 4.78 is 10.4. The third-order valence-electron chi connectivity index (χ3n) is 4.52. The van der Waals surface area contributed by atoms with E-state index < -0.39 is 17.9 Å². The Labute approximate surface area is 165 Å². The Kier molecular flexibility index (Phi) is 6.67. The molecule has 0 radical (unpaired) electrons. The molecule has 0 aliphatic carbocycles. The van der Waals surface area contributed by atoms with E-state index in [1.54, 1.807) is 18.2 Å². The Hall–Kier alpha value is -3.02. The van der Waals surface area contributed by atoms with Crippen LogP contribution in [0.1, 0.15) is 54.7 Å². The quantitative estimate of drug-likeness (QED) is 0.754. The molecule has 6 nitrogen and oxygen atoms in total. The summed E-state index contributed by atoms with van der Waals surface area (Å²) in [6.45, 7) is 6.32. The molecule has 2 N–H and O–H groups in total. The van der Waals surface area contributed by atoms with Gasteiger partial charge in [-0.25, -0.2) is 0 Å². The van der Waals surface area contributed by atoms with Gasteiger partial charge in [-0.2, -0.15) is 0 Å². The number of ether oxygens (including phenoxy) is 2. The van der Waals surface area contributed by atoms with Crippen LogP contribution in [0.5, 0.6) is 11.5 Å². The maximum atomic E-state index is 12.8. The first-order valence-corrected chi connectivity index (χ1v) is 9.01. The fraction of sp³-hybridized carbons (Fsp3) is 0.364. The lowest BCUT2D eigenvalue weighted by molar-refractivity contribution is -0.137. The third kappa shape index (κ3) is 5.25. The number of aliphatic carboxylic acids is 1. The van der Waals surface area contributed by atoms with Crippen molar-refractivity contribution in [2.24, 2.45) is 0 Å². The lowest BCUT2D eigenvalue weighted by Gasteiger charge is -2.22. The highest BCUT2D eigenvalue weighted by Crippen LogP contribution is 2.27. The second-order valence-electron chi connectivity index (χ2n) is 7.56. The summed E-state index contributed by atoms with van der Waals surface area (Å²) in [7, 11) is 2.99. The minimum absolute atomic E-state index is 0.0134. The minimum atomic E-state index is -0.994. The molecule has 0 aliphatic heterocycles. The summed E-state index contributed by atoms with van der Waals surface area (Å²) in [5.74, 6) is -0.486. The number of rotatable bonds is 7. The van der Waals surface area contributed by atoms with E-state index in [1.807, 2.05) is 24.3 Å². The molecule has 2 rings (SSSR count). The second-order valence-corrected chi connectivity index (χ2v) is 7.56. The molecular formula is C22H27NO5. The van der Waals surface area contributed by atoms with Gasteiger partial charge in [0.15, 0.2) is 0 Å². The predicted octanol–water partition coefficient (Wildman–Crippen LogP) is 3.95. The molecule has 0 heterocycles. The van der Waals surface area contributed by atoms with Crippen molar-refractivity contribution in [1.82, 2.24) is 5.32 Å². The van der Waals surface area contributed by atoms with Crippen LogP contribution in [0.3, 0.4) is 0 Å². The van der Waals surface area contributed by atoms with Gasteiger partial charge in [0.2, 0.25) is 0 Å². The van der Waals surface area contributed by atoms with Gasteiger partial charge in [-0.3, -0.25) is 9.59 Å². The zero-order valence-electron chi connectivity index (χ0n) is 16.9. The first-order valence-electron chi connectivity index (χ1n) is 9.01. The fourth-order valence-electron chi connectivity index (χ4n) is 2.86. The molecule has 0 aliphatic rings. The summed E-state index contributed by atoms with van der Waals surface area (Å²) in [4.78, 5) is 24.1. The van der Waals surface area contributed by atoms with Crippen LogP contribution in [0.15, 0.2) is 42.5 Å². The number of amides is 1. The first kappa shape index (κ1) is 21.3. The number of nitrogens with one attached hydrogen (secondary N) is 1. The Bertz CT molecular complexity index is 837. The highest BCUT2D eigenvalue weighted by Gasteiger charge is 2.22. The molecule has 0 saturated carbocycles. The molecule has 1 amide bonds. The fourth-order valence-corrected chi connectivity index (χ4v) is 2.86. The Morgan fingerprint density at radius 2 is 1.68 bits per heavy atom. The first-order chi connectivity index (χ1) is 13.2. The SMILES string of the molecule is COc1ccc(C(=O)NC(CC(=O)O)c2ccc(C(C)(C)C)cc2)c(OC)c1. The van der Waals surface area contributed by atoms with Crippen LogP contribution in [0.25, 0.3) is 0 Å². The summed E-state index contributed by atoms with van der Waals surface area (Å²) in [6, 6.07) is 11.8. The van der Waals surface area contributed by atoms with E-state index in [0.29, 0.717) is 17.1 Å². The van der Waals surface area contributed by atoms with Crippen molar-refractivity contribution >= 4 is 11.9 Å². The normalized spacial score (nSPS) is 12.2. The predicted molar refractivity (Wildman–Crippen MR) is 107 cm³/mol. The zero-order valence-corrected chi connectivity index (χ0v) is 16.9. The van der Waals surface area contributed by atoms with E-state index in [4.69, 9.17) is 9.47 Å². The summed E-state index contributed by atoms with van der Waals surface area (Å²) >= 11 is 0. The standard InChI is InChI=1S/C22H27NO5/c1-22(2,3)15-8-6-14(7-9-15)18(13-20(24)25)23-21(26)17-11-10-16(27-4)12-19(17)28-5/h6-12,18H,13H2,1-5H3,(H,23,26)(H,24,25). The highest BCUT2D eigenvalue weighted by molar-refractivity contribution is 5.97. The van der Waals surface area contributed by atoms with E-state index in [-0.39, 0.29) is 11.8 Å². The van der Waals surface area contributed by atoms with Gasteiger partial charge in [0.1, 0.15) is 11.5 Å². The smallest absolute Gasteiger partial charge is 0.305 e. The van der Waals surface area contributed by atoms with Gasteiger partial charge in [0.05, 0.1) is 32.2 Å². The monoisotopic (exact) mass is 385 g/mol. The van der Waals surface area contributed by atoms with Crippen molar-refractivity contribution < 1.29 is 24.2 Å². The number of carboxylic acid groups (broad SMARTS) is 1. The molecule has 6 heteroatoms. The van der Waals surface area contributed by atoms with Crippen LogP contribution in [0.2, 0.25) is 0 Å². The molecule has 1 unspecified atom stereocenters. The number of hydrogen-bond acceptors (Lipinski definition) is 4. The van der Waals surface area contributed by atoms with E-state index in [1.165, 1.54) is 14.2 Å². The number of hydrogen-bond donors (Lipinski definition) is 2. The number of carboxylic acids is 1. The van der Waals surface area contributed by atoms with E-state index in [2.05, 4.69) is 26.1 Å². The highest BCUT2D eigenvalue weighted by atomic mass is 16.5. The zero-order chi connectivity index (χ0) is 20.9. The molecule has 0 bridgehead atoms. The van der Waals surface area contributed by atoms with Crippen molar-refractivity contribution in [3.05, 3.63) is 59.2 Å².